The molecule has 0 spiro atoms. The molecule has 2 rings (SSSR count). The predicted octanol–water partition coefficient (Wildman–Crippen LogP) is 1.74. The number of amides is 1. The summed E-state index contributed by atoms with van der Waals surface area (Å²) < 4.78 is 49.1. The summed E-state index contributed by atoms with van der Waals surface area (Å²) in [6.07, 6.45) is -4.51. The molecule has 0 saturated carbocycles. The molecule has 1 unspecified atom stereocenters. The number of carbonyl (C=O) groups is 1. The average molecular weight is 355 g/mol. The summed E-state index contributed by atoms with van der Waals surface area (Å²) in [6.45, 7) is 1.05. The van der Waals surface area contributed by atoms with E-state index in [1.165, 1.54) is 19.2 Å². The highest BCUT2D eigenvalue weighted by molar-refractivity contribution is 5.85. The van der Waals surface area contributed by atoms with Crippen molar-refractivity contribution in [3.8, 4) is 5.75 Å². The molecule has 5 nitrogen and oxygen atoms in total. The van der Waals surface area contributed by atoms with E-state index in [9.17, 15) is 18.0 Å². The summed E-state index contributed by atoms with van der Waals surface area (Å²) in [6, 6.07) is 3.11. The lowest BCUT2D eigenvalue weighted by Gasteiger charge is -2.23. The Bertz CT molecular complexity index is 534. The molecule has 0 aliphatic carbocycles. The molecule has 1 amide bonds. The van der Waals surface area contributed by atoms with Gasteiger partial charge in [-0.2, -0.15) is 13.2 Å². The van der Waals surface area contributed by atoms with E-state index in [0.717, 1.165) is 6.07 Å². The molecule has 130 valence electrons. The maximum atomic E-state index is 13.0. The Hall–Kier alpha value is -1.51. The fraction of sp³-hybridized carbons (Fsp3) is 0.500. The first kappa shape index (κ1) is 19.5. The van der Waals surface area contributed by atoms with Crippen molar-refractivity contribution < 1.29 is 27.4 Å². The first-order valence-electron chi connectivity index (χ1n) is 6.75. The SMILES string of the molecule is COc1ccc(CNC(=O)C2COCCN2)c(C(F)(F)F)c1.Cl. The minimum absolute atomic E-state index is 0. The van der Waals surface area contributed by atoms with E-state index in [-0.39, 0.29) is 42.8 Å². The van der Waals surface area contributed by atoms with Crippen molar-refractivity contribution in [1.82, 2.24) is 10.6 Å². The number of halogens is 4. The zero-order valence-corrected chi connectivity index (χ0v) is 13.2. The van der Waals surface area contributed by atoms with Crippen molar-refractivity contribution in [2.24, 2.45) is 0 Å². The van der Waals surface area contributed by atoms with Crippen molar-refractivity contribution in [2.45, 2.75) is 18.8 Å². The van der Waals surface area contributed by atoms with E-state index in [0.29, 0.717) is 13.2 Å². The zero-order valence-electron chi connectivity index (χ0n) is 12.4. The van der Waals surface area contributed by atoms with Crippen molar-refractivity contribution in [3.63, 3.8) is 0 Å². The number of hydrogen-bond donors (Lipinski definition) is 2. The maximum absolute atomic E-state index is 13.0. The largest absolute Gasteiger partial charge is 0.497 e. The van der Waals surface area contributed by atoms with E-state index in [1.54, 1.807) is 0 Å². The molecule has 1 aliphatic heterocycles. The molecule has 0 aromatic heterocycles. The van der Waals surface area contributed by atoms with Crippen LogP contribution in [0.3, 0.4) is 0 Å². The fourth-order valence-electron chi connectivity index (χ4n) is 2.14. The molecule has 0 radical (unpaired) electrons. The number of morpholine rings is 1. The highest BCUT2D eigenvalue weighted by Crippen LogP contribution is 2.34. The van der Waals surface area contributed by atoms with Gasteiger partial charge < -0.3 is 20.1 Å². The lowest BCUT2D eigenvalue weighted by molar-refractivity contribution is -0.138. The monoisotopic (exact) mass is 354 g/mol. The molecule has 23 heavy (non-hydrogen) atoms. The van der Waals surface area contributed by atoms with Crippen molar-refractivity contribution in [2.75, 3.05) is 26.9 Å². The molecule has 1 aromatic rings. The van der Waals surface area contributed by atoms with Crippen molar-refractivity contribution >= 4 is 18.3 Å². The van der Waals surface area contributed by atoms with Gasteiger partial charge in [0, 0.05) is 13.1 Å². The number of ether oxygens (including phenoxy) is 2. The van der Waals surface area contributed by atoms with E-state index in [1.807, 2.05) is 0 Å². The van der Waals surface area contributed by atoms with Gasteiger partial charge in [0.2, 0.25) is 5.91 Å². The van der Waals surface area contributed by atoms with E-state index in [2.05, 4.69) is 10.6 Å². The van der Waals surface area contributed by atoms with Crippen LogP contribution in [0.25, 0.3) is 0 Å². The molecule has 2 N–H and O–H groups in total. The third-order valence-corrected chi connectivity index (χ3v) is 3.31. The second-order valence-electron chi connectivity index (χ2n) is 4.82. The fourth-order valence-corrected chi connectivity index (χ4v) is 2.14. The van der Waals surface area contributed by atoms with Gasteiger partial charge in [-0.15, -0.1) is 12.4 Å². The Kier molecular flexibility index (Phi) is 7.11. The first-order chi connectivity index (χ1) is 10.4. The van der Waals surface area contributed by atoms with Crippen LogP contribution in [0.4, 0.5) is 13.2 Å². The molecule has 1 heterocycles. The highest BCUT2D eigenvalue weighted by atomic mass is 35.5. The number of rotatable bonds is 4. The molecule has 1 atom stereocenters. The Morgan fingerprint density at radius 3 is 2.78 bits per heavy atom. The normalized spacial score (nSPS) is 18.0. The Balaban J connectivity index is 0.00000264. The Labute approximate surface area is 137 Å². The molecule has 1 aromatic carbocycles. The third-order valence-electron chi connectivity index (χ3n) is 3.31. The second kappa shape index (κ2) is 8.37. The lowest BCUT2D eigenvalue weighted by Crippen LogP contribution is -2.51. The van der Waals surface area contributed by atoms with E-state index >= 15 is 0 Å². The number of nitrogens with one attached hydrogen (secondary N) is 2. The summed E-state index contributed by atoms with van der Waals surface area (Å²) in [5.74, 6) is -0.270. The van der Waals surface area contributed by atoms with Crippen LogP contribution < -0.4 is 15.4 Å². The van der Waals surface area contributed by atoms with Crippen molar-refractivity contribution in [3.05, 3.63) is 29.3 Å². The van der Waals surface area contributed by atoms with Gasteiger partial charge in [-0.1, -0.05) is 6.07 Å². The number of carbonyl (C=O) groups excluding carboxylic acids is 1. The van der Waals surface area contributed by atoms with Crippen LogP contribution in [0.5, 0.6) is 5.75 Å². The highest BCUT2D eigenvalue weighted by Gasteiger charge is 2.34. The Morgan fingerprint density at radius 1 is 1.48 bits per heavy atom. The van der Waals surface area contributed by atoms with E-state index < -0.39 is 17.8 Å². The molecule has 1 fully saturated rings. The van der Waals surface area contributed by atoms with Crippen LogP contribution in [0, 0.1) is 0 Å². The molecular formula is C14H18ClF3N2O3. The summed E-state index contributed by atoms with van der Waals surface area (Å²) >= 11 is 0. The number of methoxy groups -OCH3 is 1. The molecule has 0 bridgehead atoms. The molecule has 1 aliphatic rings. The number of alkyl halides is 3. The van der Waals surface area contributed by atoms with Gasteiger partial charge in [-0.3, -0.25) is 4.79 Å². The average Bonchev–Trinajstić information content (AvgIpc) is 2.52. The molecular weight excluding hydrogens is 337 g/mol. The number of benzene rings is 1. The van der Waals surface area contributed by atoms with Crippen LogP contribution in [-0.4, -0.2) is 38.8 Å². The predicted molar refractivity (Wildman–Crippen MR) is 79.7 cm³/mol. The van der Waals surface area contributed by atoms with Crippen LogP contribution in [0.15, 0.2) is 18.2 Å². The van der Waals surface area contributed by atoms with Gasteiger partial charge in [0.1, 0.15) is 11.8 Å². The first-order valence-corrected chi connectivity index (χ1v) is 6.75. The molecule has 9 heteroatoms. The summed E-state index contributed by atoms with van der Waals surface area (Å²) in [5, 5.41) is 5.44. The summed E-state index contributed by atoms with van der Waals surface area (Å²) in [4.78, 5) is 11.9. The number of hydrogen-bond acceptors (Lipinski definition) is 4. The summed E-state index contributed by atoms with van der Waals surface area (Å²) in [7, 11) is 1.30. The van der Waals surface area contributed by atoms with Crippen LogP contribution in [0.1, 0.15) is 11.1 Å². The minimum Gasteiger partial charge on any atom is -0.497 e. The second-order valence-corrected chi connectivity index (χ2v) is 4.82. The van der Waals surface area contributed by atoms with Crippen LogP contribution in [-0.2, 0) is 22.3 Å². The van der Waals surface area contributed by atoms with Crippen LogP contribution in [0.2, 0.25) is 0 Å². The smallest absolute Gasteiger partial charge is 0.416 e. The standard InChI is InChI=1S/C14H17F3N2O3.ClH/c1-21-10-3-2-9(11(6-10)14(15,16)17)7-19-13(20)12-8-22-5-4-18-12;/h2-3,6,12,18H,4-5,7-8H2,1H3,(H,19,20);1H. The van der Waals surface area contributed by atoms with Gasteiger partial charge in [-0.05, 0) is 17.7 Å². The van der Waals surface area contributed by atoms with Crippen LogP contribution >= 0.6 is 12.4 Å². The van der Waals surface area contributed by atoms with Crippen molar-refractivity contribution in [1.29, 1.82) is 0 Å². The van der Waals surface area contributed by atoms with Gasteiger partial charge in [0.15, 0.2) is 0 Å². The minimum atomic E-state index is -4.51. The third kappa shape index (κ3) is 5.26. The quantitative estimate of drug-likeness (QED) is 0.864. The summed E-state index contributed by atoms with van der Waals surface area (Å²) in [5.41, 5.74) is -0.835. The van der Waals surface area contributed by atoms with Gasteiger partial charge in [0.05, 0.1) is 25.9 Å². The topological polar surface area (TPSA) is 59.6 Å². The van der Waals surface area contributed by atoms with Gasteiger partial charge >= 0.3 is 6.18 Å². The van der Waals surface area contributed by atoms with Gasteiger partial charge in [0.25, 0.3) is 0 Å². The lowest BCUT2D eigenvalue weighted by atomic mass is 10.1. The maximum Gasteiger partial charge on any atom is 0.416 e. The Morgan fingerprint density at radius 2 is 2.22 bits per heavy atom. The van der Waals surface area contributed by atoms with E-state index in [4.69, 9.17) is 9.47 Å². The van der Waals surface area contributed by atoms with Gasteiger partial charge in [-0.25, -0.2) is 0 Å². The molecule has 1 saturated heterocycles. The zero-order chi connectivity index (χ0) is 16.2.